The van der Waals surface area contributed by atoms with Crippen molar-refractivity contribution in [3.8, 4) is 5.88 Å². The highest BCUT2D eigenvalue weighted by atomic mass is 16.5. The van der Waals surface area contributed by atoms with E-state index in [1.54, 1.807) is 6.33 Å². The maximum atomic E-state index is 5.55. The molecule has 2 N–H and O–H groups in total. The first-order valence-electron chi connectivity index (χ1n) is 7.76. The number of piperidine rings is 1. The Morgan fingerprint density at radius 1 is 1.45 bits per heavy atom. The number of hydrogen-bond acceptors (Lipinski definition) is 5. The minimum atomic E-state index is 0.407. The van der Waals surface area contributed by atoms with Crippen molar-refractivity contribution in [2.75, 3.05) is 18.5 Å². The fourth-order valence-electron chi connectivity index (χ4n) is 3.18. The van der Waals surface area contributed by atoms with E-state index in [0.29, 0.717) is 24.1 Å². The minimum absolute atomic E-state index is 0.407. The van der Waals surface area contributed by atoms with Gasteiger partial charge in [-0.3, -0.25) is 0 Å². The van der Waals surface area contributed by atoms with Crippen molar-refractivity contribution in [3.63, 3.8) is 0 Å². The summed E-state index contributed by atoms with van der Waals surface area (Å²) in [4.78, 5) is 8.45. The van der Waals surface area contributed by atoms with Crippen LogP contribution in [0.25, 0.3) is 0 Å². The number of hydrogen-bond donors (Lipinski definition) is 2. The van der Waals surface area contributed by atoms with Crippen LogP contribution in [0.15, 0.2) is 12.4 Å². The molecule has 20 heavy (non-hydrogen) atoms. The van der Waals surface area contributed by atoms with Crippen LogP contribution in [0.2, 0.25) is 0 Å². The lowest BCUT2D eigenvalue weighted by Crippen LogP contribution is -2.58. The number of aromatic nitrogens is 2. The van der Waals surface area contributed by atoms with Crippen molar-refractivity contribution in [1.82, 2.24) is 15.3 Å². The molecule has 2 aliphatic rings. The Morgan fingerprint density at radius 2 is 2.35 bits per heavy atom. The molecule has 1 aliphatic heterocycles. The Hall–Kier alpha value is -1.36. The molecule has 0 radical (unpaired) electrons. The molecule has 0 bridgehead atoms. The molecule has 3 rings (SSSR count). The van der Waals surface area contributed by atoms with E-state index in [4.69, 9.17) is 4.74 Å². The van der Waals surface area contributed by atoms with Gasteiger partial charge in [0.15, 0.2) is 0 Å². The largest absolute Gasteiger partial charge is 0.478 e. The normalized spacial score (nSPS) is 24.1. The van der Waals surface area contributed by atoms with E-state index < -0.39 is 0 Å². The molecule has 1 aliphatic carbocycles. The molecule has 1 saturated heterocycles. The van der Waals surface area contributed by atoms with Crippen LogP contribution < -0.4 is 15.4 Å². The summed E-state index contributed by atoms with van der Waals surface area (Å²) < 4.78 is 5.55. The van der Waals surface area contributed by atoms with Gasteiger partial charge in [-0.2, -0.15) is 0 Å². The molecular formula is C15H24N4O. The number of ether oxygens (including phenoxy) is 1. The zero-order valence-electron chi connectivity index (χ0n) is 12.2. The Morgan fingerprint density at radius 3 is 3.10 bits per heavy atom. The Labute approximate surface area is 120 Å². The van der Waals surface area contributed by atoms with Crippen molar-refractivity contribution in [1.29, 1.82) is 0 Å². The highest BCUT2D eigenvalue weighted by molar-refractivity contribution is 5.38. The first-order valence-corrected chi connectivity index (χ1v) is 7.76. The number of anilines is 1. The zero-order chi connectivity index (χ0) is 13.8. The molecule has 5 nitrogen and oxygen atoms in total. The van der Waals surface area contributed by atoms with Crippen LogP contribution in [-0.4, -0.2) is 34.7 Å². The van der Waals surface area contributed by atoms with Gasteiger partial charge in [0.05, 0.1) is 6.61 Å². The summed E-state index contributed by atoms with van der Waals surface area (Å²) in [6, 6.07) is 2.41. The van der Waals surface area contributed by atoms with Crippen LogP contribution in [0, 0.1) is 0 Å². The van der Waals surface area contributed by atoms with Gasteiger partial charge in [0.25, 0.3) is 0 Å². The van der Waals surface area contributed by atoms with Gasteiger partial charge in [-0.15, -0.1) is 0 Å². The van der Waals surface area contributed by atoms with Crippen LogP contribution in [0.5, 0.6) is 5.88 Å². The topological polar surface area (TPSA) is 59.1 Å². The van der Waals surface area contributed by atoms with E-state index in [9.17, 15) is 0 Å². The number of nitrogens with zero attached hydrogens (tertiary/aromatic N) is 2. The Balaban J connectivity index is 1.59. The summed E-state index contributed by atoms with van der Waals surface area (Å²) in [6.45, 7) is 3.89. The maximum absolute atomic E-state index is 5.55. The lowest BCUT2D eigenvalue weighted by Gasteiger charge is -2.48. The molecule has 0 aromatic carbocycles. The van der Waals surface area contributed by atoms with E-state index in [1.165, 1.54) is 25.7 Å². The van der Waals surface area contributed by atoms with Crippen molar-refractivity contribution in [2.24, 2.45) is 0 Å². The smallest absolute Gasteiger partial charge is 0.218 e. The van der Waals surface area contributed by atoms with E-state index in [2.05, 4.69) is 27.5 Å². The summed E-state index contributed by atoms with van der Waals surface area (Å²) >= 11 is 0. The number of nitrogens with one attached hydrogen (secondary N) is 2. The standard InChI is InChI=1S/C15H24N4O/c1-2-8-20-14-9-13(16-11-17-14)19-12-4-7-18-15(10-12)5-3-6-15/h9,11-12,18H,2-8,10H2,1H3,(H,16,17,19). The van der Waals surface area contributed by atoms with Crippen LogP contribution >= 0.6 is 0 Å². The molecule has 1 aromatic rings. The maximum Gasteiger partial charge on any atom is 0.218 e. The first kappa shape index (κ1) is 13.6. The summed E-state index contributed by atoms with van der Waals surface area (Å²) in [5, 5.41) is 7.24. The van der Waals surface area contributed by atoms with Gasteiger partial charge in [-0.25, -0.2) is 9.97 Å². The van der Waals surface area contributed by atoms with E-state index in [1.807, 2.05) is 6.07 Å². The van der Waals surface area contributed by atoms with Crippen molar-refractivity contribution in [2.45, 2.75) is 57.0 Å². The average molecular weight is 276 g/mol. The summed E-state index contributed by atoms with van der Waals surface area (Å²) in [6.07, 6.45) is 8.91. The molecule has 0 amide bonds. The highest BCUT2D eigenvalue weighted by Gasteiger charge is 2.40. The molecule has 1 spiro atoms. The van der Waals surface area contributed by atoms with Crippen molar-refractivity contribution >= 4 is 5.82 Å². The lowest BCUT2D eigenvalue weighted by atomic mass is 9.70. The monoisotopic (exact) mass is 276 g/mol. The molecule has 2 heterocycles. The highest BCUT2D eigenvalue weighted by Crippen LogP contribution is 2.38. The lowest BCUT2D eigenvalue weighted by molar-refractivity contribution is 0.135. The second-order valence-corrected chi connectivity index (χ2v) is 5.98. The third-order valence-electron chi connectivity index (χ3n) is 4.39. The molecule has 1 unspecified atom stereocenters. The second-order valence-electron chi connectivity index (χ2n) is 5.98. The molecular weight excluding hydrogens is 252 g/mol. The average Bonchev–Trinajstić information content (AvgIpc) is 2.44. The molecule has 2 fully saturated rings. The van der Waals surface area contributed by atoms with Gasteiger partial charge in [-0.1, -0.05) is 6.92 Å². The summed E-state index contributed by atoms with van der Waals surface area (Å²) in [5.74, 6) is 1.55. The van der Waals surface area contributed by atoms with Gasteiger partial charge in [0, 0.05) is 17.6 Å². The predicted molar refractivity (Wildman–Crippen MR) is 79.0 cm³/mol. The van der Waals surface area contributed by atoms with E-state index >= 15 is 0 Å². The van der Waals surface area contributed by atoms with Crippen molar-refractivity contribution in [3.05, 3.63) is 12.4 Å². The molecule has 110 valence electrons. The second kappa shape index (κ2) is 5.95. The van der Waals surface area contributed by atoms with Gasteiger partial charge >= 0.3 is 0 Å². The quantitative estimate of drug-likeness (QED) is 0.864. The Kier molecular flexibility index (Phi) is 4.05. The van der Waals surface area contributed by atoms with Crippen LogP contribution in [0.3, 0.4) is 0 Å². The molecule has 1 atom stereocenters. The van der Waals surface area contributed by atoms with Crippen LogP contribution in [0.1, 0.15) is 45.4 Å². The fraction of sp³-hybridized carbons (Fsp3) is 0.733. The van der Waals surface area contributed by atoms with Gasteiger partial charge < -0.3 is 15.4 Å². The van der Waals surface area contributed by atoms with Gasteiger partial charge in [0.1, 0.15) is 12.1 Å². The van der Waals surface area contributed by atoms with E-state index in [-0.39, 0.29) is 0 Å². The summed E-state index contributed by atoms with van der Waals surface area (Å²) in [5.41, 5.74) is 0.407. The molecule has 1 saturated carbocycles. The minimum Gasteiger partial charge on any atom is -0.478 e. The Bertz CT molecular complexity index is 447. The SMILES string of the molecule is CCCOc1cc(NC2CCNC3(CCC3)C2)ncn1. The number of rotatable bonds is 5. The van der Waals surface area contributed by atoms with Crippen LogP contribution in [0.4, 0.5) is 5.82 Å². The third kappa shape index (κ3) is 3.03. The molecule has 5 heteroatoms. The van der Waals surface area contributed by atoms with Gasteiger partial charge in [-0.05, 0) is 45.1 Å². The van der Waals surface area contributed by atoms with Gasteiger partial charge in [0.2, 0.25) is 5.88 Å². The predicted octanol–water partition coefficient (Wildman–Crippen LogP) is 2.35. The zero-order valence-corrected chi connectivity index (χ0v) is 12.2. The first-order chi connectivity index (χ1) is 9.80. The van der Waals surface area contributed by atoms with Crippen LogP contribution in [-0.2, 0) is 0 Å². The molecule has 1 aromatic heterocycles. The third-order valence-corrected chi connectivity index (χ3v) is 4.39. The van der Waals surface area contributed by atoms with Crippen molar-refractivity contribution < 1.29 is 4.74 Å². The summed E-state index contributed by atoms with van der Waals surface area (Å²) in [7, 11) is 0. The van der Waals surface area contributed by atoms with E-state index in [0.717, 1.165) is 25.2 Å². The fourth-order valence-corrected chi connectivity index (χ4v) is 3.18.